The molecule has 1 saturated carbocycles. The highest BCUT2D eigenvalue weighted by Crippen LogP contribution is 2.23. The van der Waals surface area contributed by atoms with Crippen LogP contribution in [-0.4, -0.2) is 52.1 Å². The summed E-state index contributed by atoms with van der Waals surface area (Å²) in [5, 5.41) is 3.72. The van der Waals surface area contributed by atoms with Crippen molar-refractivity contribution in [2.75, 3.05) is 6.54 Å². The number of carbonyl (C=O) groups is 4. The number of hydrogen-bond donors (Lipinski definition) is 1. The van der Waals surface area contributed by atoms with Crippen LogP contribution in [0.5, 0.6) is 0 Å². The van der Waals surface area contributed by atoms with Gasteiger partial charge in [0, 0.05) is 30.6 Å². The number of halogens is 1. The molecule has 0 unspecified atom stereocenters. The quantitative estimate of drug-likeness (QED) is 0.501. The average molecular weight is 510 g/mol. The summed E-state index contributed by atoms with van der Waals surface area (Å²) in [5.41, 5.74) is 1.66. The van der Waals surface area contributed by atoms with Gasteiger partial charge in [0.05, 0.1) is 11.1 Å². The largest absolute Gasteiger partial charge is 0.352 e. The van der Waals surface area contributed by atoms with Gasteiger partial charge in [-0.15, -0.1) is 0 Å². The molecular weight excluding hydrogens is 478 g/mol. The number of hydrogen-bond acceptors (Lipinski definition) is 4. The summed E-state index contributed by atoms with van der Waals surface area (Å²) in [5.74, 6) is -1.03. The van der Waals surface area contributed by atoms with E-state index in [0.29, 0.717) is 22.6 Å². The number of nitrogens with one attached hydrogen (secondary N) is 1. The molecule has 0 bridgehead atoms. The van der Waals surface area contributed by atoms with E-state index < -0.39 is 6.04 Å². The minimum atomic E-state index is -0.658. The van der Waals surface area contributed by atoms with Gasteiger partial charge in [-0.05, 0) is 56.0 Å². The number of nitrogens with zero attached hydrogens (tertiary/aromatic N) is 2. The molecule has 0 saturated heterocycles. The summed E-state index contributed by atoms with van der Waals surface area (Å²) in [6, 6.07) is 13.4. The first-order chi connectivity index (χ1) is 17.3. The third-order valence-corrected chi connectivity index (χ3v) is 7.29. The van der Waals surface area contributed by atoms with Crippen LogP contribution in [0, 0.1) is 0 Å². The van der Waals surface area contributed by atoms with Crippen molar-refractivity contribution in [3.63, 3.8) is 0 Å². The Morgan fingerprint density at radius 1 is 1.00 bits per heavy atom. The summed E-state index contributed by atoms with van der Waals surface area (Å²) in [7, 11) is 0. The molecule has 4 amide bonds. The van der Waals surface area contributed by atoms with Gasteiger partial charge in [-0.2, -0.15) is 0 Å². The van der Waals surface area contributed by atoms with Gasteiger partial charge in [0.15, 0.2) is 0 Å². The van der Waals surface area contributed by atoms with Crippen molar-refractivity contribution in [1.82, 2.24) is 15.1 Å². The van der Waals surface area contributed by atoms with Gasteiger partial charge in [0.1, 0.15) is 6.04 Å². The van der Waals surface area contributed by atoms with E-state index in [2.05, 4.69) is 5.32 Å². The summed E-state index contributed by atoms with van der Waals surface area (Å²) >= 11 is 6.02. The first-order valence-corrected chi connectivity index (χ1v) is 13.0. The van der Waals surface area contributed by atoms with Gasteiger partial charge < -0.3 is 10.2 Å². The van der Waals surface area contributed by atoms with Crippen molar-refractivity contribution in [3.8, 4) is 0 Å². The van der Waals surface area contributed by atoms with Gasteiger partial charge in [-0.3, -0.25) is 24.1 Å². The minimum Gasteiger partial charge on any atom is -0.352 e. The molecule has 8 heteroatoms. The Hall–Kier alpha value is -3.19. The SMILES string of the molecule is C[C@H](C(=O)NC1CCCCC1)N(Cc1ccc(Cl)cc1)C(=O)CCCN1C(=O)c2ccccc2C1=O. The van der Waals surface area contributed by atoms with Crippen LogP contribution >= 0.6 is 11.6 Å². The van der Waals surface area contributed by atoms with E-state index >= 15 is 0 Å². The number of amides is 4. The zero-order chi connectivity index (χ0) is 25.7. The van der Waals surface area contributed by atoms with Gasteiger partial charge in [0.25, 0.3) is 11.8 Å². The molecule has 0 radical (unpaired) electrons. The van der Waals surface area contributed by atoms with Crippen molar-refractivity contribution in [1.29, 1.82) is 0 Å². The molecule has 1 atom stereocenters. The summed E-state index contributed by atoms with van der Waals surface area (Å²) < 4.78 is 0. The minimum absolute atomic E-state index is 0.113. The third kappa shape index (κ3) is 5.95. The highest BCUT2D eigenvalue weighted by Gasteiger charge is 2.35. The molecule has 0 spiro atoms. The van der Waals surface area contributed by atoms with E-state index in [1.165, 1.54) is 11.3 Å². The molecule has 1 heterocycles. The molecule has 7 nitrogen and oxygen atoms in total. The maximum absolute atomic E-state index is 13.3. The van der Waals surface area contributed by atoms with Crippen molar-refractivity contribution >= 4 is 35.2 Å². The van der Waals surface area contributed by atoms with E-state index in [0.717, 1.165) is 31.2 Å². The Morgan fingerprint density at radius 3 is 2.22 bits per heavy atom. The summed E-state index contributed by atoms with van der Waals surface area (Å²) in [4.78, 5) is 54.4. The van der Waals surface area contributed by atoms with Crippen LogP contribution < -0.4 is 5.32 Å². The Bertz CT molecular complexity index is 1090. The van der Waals surface area contributed by atoms with E-state index in [-0.39, 0.29) is 49.2 Å². The third-order valence-electron chi connectivity index (χ3n) is 7.04. The molecule has 1 aliphatic carbocycles. The number of fused-ring (bicyclic) bond motifs is 1. The Balaban J connectivity index is 1.40. The average Bonchev–Trinajstić information content (AvgIpc) is 3.13. The molecule has 2 aromatic rings. The molecule has 2 aliphatic rings. The molecular formula is C28H32ClN3O4. The predicted octanol–water partition coefficient (Wildman–Crippen LogP) is 4.58. The fourth-order valence-corrected chi connectivity index (χ4v) is 5.04. The van der Waals surface area contributed by atoms with E-state index in [4.69, 9.17) is 11.6 Å². The van der Waals surface area contributed by atoms with Crippen LogP contribution in [0.15, 0.2) is 48.5 Å². The van der Waals surface area contributed by atoms with Crippen molar-refractivity contribution in [3.05, 3.63) is 70.2 Å². The van der Waals surface area contributed by atoms with Crippen LogP contribution in [0.25, 0.3) is 0 Å². The Labute approximate surface area is 216 Å². The van der Waals surface area contributed by atoms with Gasteiger partial charge in [-0.1, -0.05) is 55.1 Å². The first-order valence-electron chi connectivity index (χ1n) is 12.6. The van der Waals surface area contributed by atoms with E-state index in [1.807, 2.05) is 12.1 Å². The molecule has 4 rings (SSSR count). The second-order valence-electron chi connectivity index (χ2n) is 9.58. The van der Waals surface area contributed by atoms with Gasteiger partial charge >= 0.3 is 0 Å². The monoisotopic (exact) mass is 509 g/mol. The molecule has 36 heavy (non-hydrogen) atoms. The molecule has 1 fully saturated rings. The molecule has 190 valence electrons. The zero-order valence-corrected chi connectivity index (χ0v) is 21.3. The van der Waals surface area contributed by atoms with Crippen LogP contribution in [0.1, 0.15) is 78.1 Å². The van der Waals surface area contributed by atoms with Crippen LogP contribution in [-0.2, 0) is 16.1 Å². The number of imide groups is 1. The Morgan fingerprint density at radius 2 is 1.61 bits per heavy atom. The Kier molecular flexibility index (Phi) is 8.41. The highest BCUT2D eigenvalue weighted by atomic mass is 35.5. The first kappa shape index (κ1) is 25.9. The van der Waals surface area contributed by atoms with Crippen molar-refractivity contribution in [2.24, 2.45) is 0 Å². The van der Waals surface area contributed by atoms with E-state index in [1.54, 1.807) is 48.2 Å². The maximum Gasteiger partial charge on any atom is 0.261 e. The lowest BCUT2D eigenvalue weighted by Crippen LogP contribution is -2.50. The molecule has 0 aromatic heterocycles. The lowest BCUT2D eigenvalue weighted by Gasteiger charge is -2.31. The fraction of sp³-hybridized carbons (Fsp3) is 0.429. The smallest absolute Gasteiger partial charge is 0.261 e. The molecule has 1 aliphatic heterocycles. The standard InChI is InChI=1S/C28H32ClN3O4/c1-19(26(34)30-22-8-3-2-4-9-22)32(18-20-13-15-21(29)16-14-20)25(33)12-7-17-31-27(35)23-10-5-6-11-24(23)28(31)36/h5-6,10-11,13-16,19,22H,2-4,7-9,12,17-18H2,1H3,(H,30,34)/t19-/m1/s1. The van der Waals surface area contributed by atoms with Gasteiger partial charge in [-0.25, -0.2) is 0 Å². The lowest BCUT2D eigenvalue weighted by atomic mass is 9.95. The van der Waals surface area contributed by atoms with E-state index in [9.17, 15) is 19.2 Å². The number of benzene rings is 2. The molecule has 2 aromatic carbocycles. The second-order valence-corrected chi connectivity index (χ2v) is 10.0. The normalized spacial score (nSPS) is 16.6. The fourth-order valence-electron chi connectivity index (χ4n) is 4.91. The second kappa shape index (κ2) is 11.7. The van der Waals surface area contributed by atoms with Crippen LogP contribution in [0.2, 0.25) is 5.02 Å². The van der Waals surface area contributed by atoms with Gasteiger partial charge in [0.2, 0.25) is 11.8 Å². The summed E-state index contributed by atoms with van der Waals surface area (Å²) in [6.45, 7) is 2.16. The number of rotatable bonds is 9. The lowest BCUT2D eigenvalue weighted by molar-refractivity contribution is -0.141. The summed E-state index contributed by atoms with van der Waals surface area (Å²) in [6.07, 6.45) is 5.75. The zero-order valence-electron chi connectivity index (χ0n) is 20.5. The van der Waals surface area contributed by atoms with Crippen LogP contribution in [0.4, 0.5) is 0 Å². The molecule has 1 N–H and O–H groups in total. The van der Waals surface area contributed by atoms with Crippen LogP contribution in [0.3, 0.4) is 0 Å². The van der Waals surface area contributed by atoms with Crippen molar-refractivity contribution in [2.45, 2.75) is 70.5 Å². The maximum atomic E-state index is 13.3. The predicted molar refractivity (Wildman–Crippen MR) is 138 cm³/mol. The van der Waals surface area contributed by atoms with Crippen molar-refractivity contribution < 1.29 is 19.2 Å². The number of carbonyl (C=O) groups excluding carboxylic acids is 4. The topological polar surface area (TPSA) is 86.8 Å². The highest BCUT2D eigenvalue weighted by molar-refractivity contribution is 6.30.